The van der Waals surface area contributed by atoms with Gasteiger partial charge in [0.25, 0.3) is 0 Å². The third-order valence-corrected chi connectivity index (χ3v) is 3.90. The molecule has 0 bridgehead atoms. The molecule has 0 aromatic heterocycles. The summed E-state index contributed by atoms with van der Waals surface area (Å²) in [6.45, 7) is 8.19. The smallest absolute Gasteiger partial charge is 0.323 e. The van der Waals surface area contributed by atoms with Crippen LogP contribution in [0.4, 0.5) is 0 Å². The molecule has 0 aromatic rings. The van der Waals surface area contributed by atoms with E-state index in [1.807, 2.05) is 6.92 Å². The first kappa shape index (κ1) is 20.4. The van der Waals surface area contributed by atoms with Crippen molar-refractivity contribution in [2.45, 2.75) is 84.1 Å². The van der Waals surface area contributed by atoms with Crippen molar-refractivity contribution in [3.63, 3.8) is 0 Å². The van der Waals surface area contributed by atoms with Crippen LogP contribution < -0.4 is 5.32 Å². The standard InChI is InChI=1S/C17H35NO3/c1-4-6-7-8-9-11-14-21-15-12-10-13-17(3,16(19)20)18-5-2/h18H,4-15H2,1-3H3,(H,19,20). The minimum absolute atomic E-state index is 0.649. The maximum absolute atomic E-state index is 11.2. The van der Waals surface area contributed by atoms with Crippen LogP contribution in [0, 0.1) is 0 Å². The van der Waals surface area contributed by atoms with Gasteiger partial charge in [-0.15, -0.1) is 0 Å². The lowest BCUT2D eigenvalue weighted by atomic mass is 9.95. The second-order valence-electron chi connectivity index (χ2n) is 6.00. The molecular weight excluding hydrogens is 266 g/mol. The molecule has 0 heterocycles. The van der Waals surface area contributed by atoms with Gasteiger partial charge < -0.3 is 15.2 Å². The summed E-state index contributed by atoms with van der Waals surface area (Å²) in [5.41, 5.74) is -0.798. The zero-order chi connectivity index (χ0) is 16.0. The van der Waals surface area contributed by atoms with Crippen LogP contribution >= 0.6 is 0 Å². The summed E-state index contributed by atoms with van der Waals surface area (Å²) in [7, 11) is 0. The summed E-state index contributed by atoms with van der Waals surface area (Å²) in [6.07, 6.45) is 10.2. The zero-order valence-corrected chi connectivity index (χ0v) is 14.2. The van der Waals surface area contributed by atoms with Crippen molar-refractivity contribution in [1.29, 1.82) is 0 Å². The minimum atomic E-state index is -0.798. The van der Waals surface area contributed by atoms with Crippen molar-refractivity contribution < 1.29 is 14.6 Å². The van der Waals surface area contributed by atoms with E-state index in [2.05, 4.69) is 12.2 Å². The number of hydrogen-bond acceptors (Lipinski definition) is 3. The largest absolute Gasteiger partial charge is 0.480 e. The van der Waals surface area contributed by atoms with Gasteiger partial charge in [-0.2, -0.15) is 0 Å². The van der Waals surface area contributed by atoms with E-state index in [4.69, 9.17) is 4.74 Å². The summed E-state index contributed by atoms with van der Waals surface area (Å²) in [6, 6.07) is 0. The summed E-state index contributed by atoms with van der Waals surface area (Å²) in [5.74, 6) is -0.766. The number of carboxylic acid groups (broad SMARTS) is 1. The first-order valence-electron chi connectivity index (χ1n) is 8.63. The molecule has 0 saturated heterocycles. The second-order valence-corrected chi connectivity index (χ2v) is 6.00. The number of rotatable bonds is 15. The third-order valence-electron chi connectivity index (χ3n) is 3.90. The number of hydrogen-bond donors (Lipinski definition) is 2. The molecule has 0 aromatic carbocycles. The van der Waals surface area contributed by atoms with E-state index >= 15 is 0 Å². The van der Waals surface area contributed by atoms with Crippen LogP contribution in [0.5, 0.6) is 0 Å². The van der Waals surface area contributed by atoms with Gasteiger partial charge in [-0.1, -0.05) is 46.0 Å². The molecule has 0 amide bonds. The molecule has 0 rings (SSSR count). The molecule has 0 aliphatic heterocycles. The lowest BCUT2D eigenvalue weighted by molar-refractivity contribution is -0.144. The molecule has 1 unspecified atom stereocenters. The Bertz CT molecular complexity index is 258. The highest BCUT2D eigenvalue weighted by molar-refractivity contribution is 5.78. The fraction of sp³-hybridized carbons (Fsp3) is 0.941. The second kappa shape index (κ2) is 13.1. The van der Waals surface area contributed by atoms with E-state index in [0.717, 1.165) is 32.5 Å². The predicted octanol–water partition coefficient (Wildman–Crippen LogP) is 3.99. The number of likely N-dealkylation sites (N-methyl/N-ethyl adjacent to an activating group) is 1. The lowest BCUT2D eigenvalue weighted by Crippen LogP contribution is -2.49. The summed E-state index contributed by atoms with van der Waals surface area (Å²) >= 11 is 0. The average Bonchev–Trinajstić information content (AvgIpc) is 2.45. The maximum Gasteiger partial charge on any atom is 0.323 e. The predicted molar refractivity (Wildman–Crippen MR) is 87.8 cm³/mol. The van der Waals surface area contributed by atoms with Gasteiger partial charge >= 0.3 is 5.97 Å². The molecule has 2 N–H and O–H groups in total. The molecule has 0 radical (unpaired) electrons. The number of nitrogens with one attached hydrogen (secondary N) is 1. The average molecular weight is 301 g/mol. The van der Waals surface area contributed by atoms with Crippen molar-refractivity contribution in [3.05, 3.63) is 0 Å². The molecule has 126 valence electrons. The van der Waals surface area contributed by atoms with Crippen molar-refractivity contribution in [2.24, 2.45) is 0 Å². The first-order valence-corrected chi connectivity index (χ1v) is 8.63. The number of unbranched alkanes of at least 4 members (excludes halogenated alkanes) is 6. The molecule has 4 nitrogen and oxygen atoms in total. The van der Waals surface area contributed by atoms with Gasteiger partial charge in [-0.05, 0) is 39.2 Å². The van der Waals surface area contributed by atoms with Gasteiger partial charge in [0.1, 0.15) is 5.54 Å². The Hall–Kier alpha value is -0.610. The highest BCUT2D eigenvalue weighted by atomic mass is 16.5. The van der Waals surface area contributed by atoms with E-state index in [-0.39, 0.29) is 0 Å². The molecular formula is C17H35NO3. The molecule has 0 aliphatic rings. The van der Waals surface area contributed by atoms with Crippen molar-refractivity contribution in [1.82, 2.24) is 5.32 Å². The summed E-state index contributed by atoms with van der Waals surface area (Å²) < 4.78 is 5.61. The Kier molecular flexibility index (Phi) is 12.7. The molecule has 1 atom stereocenters. The normalized spacial score (nSPS) is 14.0. The van der Waals surface area contributed by atoms with Crippen LogP contribution in [0.3, 0.4) is 0 Å². The Labute approximate surface area is 130 Å². The van der Waals surface area contributed by atoms with E-state index in [1.165, 1.54) is 32.1 Å². The summed E-state index contributed by atoms with van der Waals surface area (Å²) in [4.78, 5) is 11.2. The SMILES string of the molecule is CCCCCCCCOCCCCC(C)(NCC)C(=O)O. The Morgan fingerprint density at radius 1 is 1.00 bits per heavy atom. The van der Waals surface area contributed by atoms with Crippen LogP contribution in [-0.2, 0) is 9.53 Å². The lowest BCUT2D eigenvalue weighted by Gasteiger charge is -2.25. The fourth-order valence-corrected chi connectivity index (χ4v) is 2.43. The zero-order valence-electron chi connectivity index (χ0n) is 14.2. The van der Waals surface area contributed by atoms with Crippen molar-refractivity contribution in [2.75, 3.05) is 19.8 Å². The molecule has 0 fully saturated rings. The highest BCUT2D eigenvalue weighted by Gasteiger charge is 2.30. The Morgan fingerprint density at radius 3 is 2.14 bits per heavy atom. The fourth-order valence-electron chi connectivity index (χ4n) is 2.43. The van der Waals surface area contributed by atoms with Crippen molar-refractivity contribution in [3.8, 4) is 0 Å². The first-order chi connectivity index (χ1) is 10.1. The van der Waals surface area contributed by atoms with E-state index in [0.29, 0.717) is 13.0 Å². The quantitative estimate of drug-likeness (QED) is 0.449. The number of aliphatic carboxylic acids is 1. The van der Waals surface area contributed by atoms with Crippen LogP contribution in [0.2, 0.25) is 0 Å². The molecule has 21 heavy (non-hydrogen) atoms. The molecule has 0 spiro atoms. The van der Waals surface area contributed by atoms with Crippen LogP contribution in [0.25, 0.3) is 0 Å². The van der Waals surface area contributed by atoms with Gasteiger partial charge in [0.05, 0.1) is 0 Å². The number of carbonyl (C=O) groups is 1. The summed E-state index contributed by atoms with van der Waals surface area (Å²) in [5, 5.41) is 12.3. The van der Waals surface area contributed by atoms with Crippen molar-refractivity contribution >= 4 is 5.97 Å². The van der Waals surface area contributed by atoms with Gasteiger partial charge in [0, 0.05) is 13.2 Å². The topological polar surface area (TPSA) is 58.6 Å². The van der Waals surface area contributed by atoms with E-state index in [9.17, 15) is 9.90 Å². The molecule has 0 aliphatic carbocycles. The maximum atomic E-state index is 11.2. The van der Waals surface area contributed by atoms with Gasteiger partial charge in [-0.3, -0.25) is 4.79 Å². The Balaban J connectivity index is 3.44. The van der Waals surface area contributed by atoms with Crippen LogP contribution in [0.1, 0.15) is 78.6 Å². The van der Waals surface area contributed by atoms with Gasteiger partial charge in [-0.25, -0.2) is 0 Å². The highest BCUT2D eigenvalue weighted by Crippen LogP contribution is 2.14. The van der Waals surface area contributed by atoms with Gasteiger partial charge in [0.15, 0.2) is 0 Å². The minimum Gasteiger partial charge on any atom is -0.480 e. The Morgan fingerprint density at radius 2 is 1.57 bits per heavy atom. The molecule has 4 heteroatoms. The van der Waals surface area contributed by atoms with E-state index in [1.54, 1.807) is 6.92 Å². The van der Waals surface area contributed by atoms with Crippen LogP contribution in [0.15, 0.2) is 0 Å². The monoisotopic (exact) mass is 301 g/mol. The number of ether oxygens (including phenoxy) is 1. The molecule has 0 saturated carbocycles. The van der Waals surface area contributed by atoms with Crippen LogP contribution in [-0.4, -0.2) is 36.4 Å². The number of carboxylic acids is 1. The van der Waals surface area contributed by atoms with Gasteiger partial charge in [0.2, 0.25) is 0 Å². The van der Waals surface area contributed by atoms with E-state index < -0.39 is 11.5 Å². The third kappa shape index (κ3) is 10.7.